The molecule has 0 saturated heterocycles. The molecule has 76 valence electrons. The molecule has 0 bridgehead atoms. The second kappa shape index (κ2) is 3.50. The number of rotatable bonds is 2. The zero-order valence-electron chi connectivity index (χ0n) is 7.76. The molecule has 0 radical (unpaired) electrons. The van der Waals surface area contributed by atoms with Crippen LogP contribution in [0.3, 0.4) is 0 Å². The van der Waals surface area contributed by atoms with Gasteiger partial charge in [-0.3, -0.25) is 4.57 Å². The van der Waals surface area contributed by atoms with Crippen LogP contribution in [0, 0.1) is 5.92 Å². The Morgan fingerprint density at radius 2 is 1.71 bits per heavy atom. The first-order valence-corrected chi connectivity index (χ1v) is 6.46. The van der Waals surface area contributed by atoms with Gasteiger partial charge in [-0.2, -0.15) is 0 Å². The van der Waals surface area contributed by atoms with Crippen molar-refractivity contribution in [1.82, 2.24) is 0 Å². The largest absolute Gasteiger partial charge is 0.325 e. The van der Waals surface area contributed by atoms with Gasteiger partial charge in [0.05, 0.1) is 6.16 Å². The number of hydrogen-bond donors (Lipinski definition) is 2. The lowest BCUT2D eigenvalue weighted by molar-refractivity contribution is 0.362. The van der Waals surface area contributed by atoms with Crippen molar-refractivity contribution < 1.29 is 14.4 Å². The van der Waals surface area contributed by atoms with Gasteiger partial charge in [0.15, 0.2) is 0 Å². The lowest BCUT2D eigenvalue weighted by atomic mass is 10.1. The van der Waals surface area contributed by atoms with Gasteiger partial charge in [-0.25, -0.2) is 0 Å². The second-order valence-electron chi connectivity index (χ2n) is 3.89. The monoisotopic (exact) mass is 212 g/mol. The molecule has 0 atom stereocenters. The van der Waals surface area contributed by atoms with E-state index in [2.05, 4.69) is 0 Å². The van der Waals surface area contributed by atoms with Crippen molar-refractivity contribution in [1.29, 1.82) is 0 Å². The SMILES string of the molecule is O=P(O)(O)CC1Cc2ccccc2C1. The zero-order chi connectivity index (χ0) is 10.2. The van der Waals surface area contributed by atoms with E-state index in [-0.39, 0.29) is 12.1 Å². The van der Waals surface area contributed by atoms with E-state index in [1.54, 1.807) is 0 Å². The van der Waals surface area contributed by atoms with E-state index in [1.807, 2.05) is 24.3 Å². The number of fused-ring (bicyclic) bond motifs is 1. The van der Waals surface area contributed by atoms with Gasteiger partial charge in [0.25, 0.3) is 0 Å². The fraction of sp³-hybridized carbons (Fsp3) is 0.400. The Morgan fingerprint density at radius 3 is 2.14 bits per heavy atom. The lowest BCUT2D eigenvalue weighted by Gasteiger charge is -2.09. The molecule has 2 N–H and O–H groups in total. The summed E-state index contributed by atoms with van der Waals surface area (Å²) in [6.07, 6.45) is 1.63. The summed E-state index contributed by atoms with van der Waals surface area (Å²) in [4.78, 5) is 17.7. The minimum atomic E-state index is -3.84. The molecule has 0 aromatic heterocycles. The average molecular weight is 212 g/mol. The molecule has 1 aromatic rings. The molecule has 0 unspecified atom stereocenters. The molecule has 0 saturated carbocycles. The Balaban J connectivity index is 2.09. The summed E-state index contributed by atoms with van der Waals surface area (Å²) >= 11 is 0. The van der Waals surface area contributed by atoms with E-state index in [4.69, 9.17) is 9.79 Å². The predicted molar refractivity (Wildman–Crippen MR) is 54.3 cm³/mol. The number of hydrogen-bond acceptors (Lipinski definition) is 1. The van der Waals surface area contributed by atoms with Crippen molar-refractivity contribution in [3.63, 3.8) is 0 Å². The Hall–Kier alpha value is -0.630. The van der Waals surface area contributed by atoms with Gasteiger partial charge in [-0.1, -0.05) is 24.3 Å². The third kappa shape index (κ3) is 2.24. The summed E-state index contributed by atoms with van der Waals surface area (Å²) in [5.41, 5.74) is 2.48. The van der Waals surface area contributed by atoms with Crippen LogP contribution in [0.2, 0.25) is 0 Å². The second-order valence-corrected chi connectivity index (χ2v) is 5.58. The molecule has 2 rings (SSSR count). The topological polar surface area (TPSA) is 57.5 Å². The van der Waals surface area contributed by atoms with Crippen molar-refractivity contribution in [2.45, 2.75) is 12.8 Å². The van der Waals surface area contributed by atoms with Crippen LogP contribution in [0.1, 0.15) is 11.1 Å². The quantitative estimate of drug-likeness (QED) is 0.732. The van der Waals surface area contributed by atoms with Gasteiger partial charge in [0.1, 0.15) is 0 Å². The molecule has 1 aliphatic rings. The summed E-state index contributed by atoms with van der Waals surface area (Å²) in [6, 6.07) is 8.02. The van der Waals surface area contributed by atoms with Crippen LogP contribution in [-0.4, -0.2) is 15.9 Å². The van der Waals surface area contributed by atoms with Crippen molar-refractivity contribution >= 4 is 7.60 Å². The molecule has 14 heavy (non-hydrogen) atoms. The molecule has 4 heteroatoms. The van der Waals surface area contributed by atoms with Gasteiger partial charge in [-0.15, -0.1) is 0 Å². The maximum absolute atomic E-state index is 10.8. The Labute approximate surface area is 82.9 Å². The summed E-state index contributed by atoms with van der Waals surface area (Å²) < 4.78 is 10.8. The number of benzene rings is 1. The molecule has 0 heterocycles. The van der Waals surface area contributed by atoms with Gasteiger partial charge in [0.2, 0.25) is 0 Å². The maximum Gasteiger partial charge on any atom is 0.325 e. The molecule has 3 nitrogen and oxygen atoms in total. The minimum Gasteiger partial charge on any atom is -0.324 e. The molecule has 1 aromatic carbocycles. The van der Waals surface area contributed by atoms with Crippen LogP contribution >= 0.6 is 7.60 Å². The van der Waals surface area contributed by atoms with Crippen LogP contribution in [0.25, 0.3) is 0 Å². The highest BCUT2D eigenvalue weighted by Crippen LogP contribution is 2.41. The summed E-state index contributed by atoms with van der Waals surface area (Å²) in [5.74, 6) is 0.119. The highest BCUT2D eigenvalue weighted by Gasteiger charge is 2.27. The third-order valence-corrected chi connectivity index (χ3v) is 3.62. The fourth-order valence-electron chi connectivity index (χ4n) is 2.12. The molecule has 0 aliphatic heterocycles. The third-order valence-electron chi connectivity index (χ3n) is 2.63. The molecular formula is C10H13O3P. The lowest BCUT2D eigenvalue weighted by Crippen LogP contribution is -2.06. The summed E-state index contributed by atoms with van der Waals surface area (Å²) in [7, 11) is -3.84. The summed E-state index contributed by atoms with van der Waals surface area (Å²) in [5, 5.41) is 0. The highest BCUT2D eigenvalue weighted by atomic mass is 31.2. The maximum atomic E-state index is 10.8. The van der Waals surface area contributed by atoms with Gasteiger partial charge in [-0.05, 0) is 29.9 Å². The van der Waals surface area contributed by atoms with Gasteiger partial charge < -0.3 is 9.79 Å². The van der Waals surface area contributed by atoms with Crippen molar-refractivity contribution in [3.8, 4) is 0 Å². The van der Waals surface area contributed by atoms with Gasteiger partial charge >= 0.3 is 7.60 Å². The van der Waals surface area contributed by atoms with E-state index in [1.165, 1.54) is 11.1 Å². The van der Waals surface area contributed by atoms with Crippen LogP contribution in [-0.2, 0) is 17.4 Å². The Morgan fingerprint density at radius 1 is 1.21 bits per heavy atom. The van der Waals surface area contributed by atoms with Gasteiger partial charge in [0, 0.05) is 0 Å². The van der Waals surface area contributed by atoms with Crippen LogP contribution in [0.15, 0.2) is 24.3 Å². The van der Waals surface area contributed by atoms with E-state index in [0.29, 0.717) is 0 Å². The first-order valence-electron chi connectivity index (χ1n) is 4.66. The predicted octanol–water partition coefficient (Wildman–Crippen LogP) is 1.58. The fourth-order valence-corrected chi connectivity index (χ4v) is 3.05. The smallest absolute Gasteiger partial charge is 0.324 e. The van der Waals surface area contributed by atoms with Crippen LogP contribution in [0.5, 0.6) is 0 Å². The molecule has 0 amide bonds. The summed E-state index contributed by atoms with van der Waals surface area (Å²) in [6.45, 7) is 0. The first kappa shape index (κ1) is 9.91. The molecule has 1 aliphatic carbocycles. The van der Waals surface area contributed by atoms with E-state index < -0.39 is 7.60 Å². The first-order chi connectivity index (χ1) is 6.54. The molecular weight excluding hydrogens is 199 g/mol. The van der Waals surface area contributed by atoms with Crippen molar-refractivity contribution in [2.75, 3.05) is 6.16 Å². The van der Waals surface area contributed by atoms with Crippen LogP contribution in [0.4, 0.5) is 0 Å². The van der Waals surface area contributed by atoms with Crippen molar-refractivity contribution in [3.05, 3.63) is 35.4 Å². The minimum absolute atomic E-state index is 0.0156. The standard InChI is InChI=1S/C10H13O3P/c11-14(12,13)7-8-5-9-3-1-2-4-10(9)6-8/h1-4,8H,5-7H2,(H2,11,12,13). The van der Waals surface area contributed by atoms with E-state index in [9.17, 15) is 4.57 Å². The van der Waals surface area contributed by atoms with Crippen LogP contribution < -0.4 is 0 Å². The molecule has 0 fully saturated rings. The Bertz CT molecular complexity index is 358. The highest BCUT2D eigenvalue weighted by molar-refractivity contribution is 7.51. The Kier molecular flexibility index (Phi) is 2.48. The van der Waals surface area contributed by atoms with Crippen molar-refractivity contribution in [2.24, 2.45) is 5.92 Å². The van der Waals surface area contributed by atoms with E-state index >= 15 is 0 Å². The normalized spacial score (nSPS) is 17.0. The zero-order valence-corrected chi connectivity index (χ0v) is 8.65. The van der Waals surface area contributed by atoms with E-state index in [0.717, 1.165) is 12.8 Å². The average Bonchev–Trinajstić information content (AvgIpc) is 2.42. The molecule has 0 spiro atoms.